The van der Waals surface area contributed by atoms with Crippen LogP contribution in [-0.4, -0.2) is 74.8 Å². The number of benzene rings is 2. The number of hydrogen-bond donors (Lipinski definition) is 3. The minimum atomic E-state index is -0.533. The van der Waals surface area contributed by atoms with Gasteiger partial charge in [-0.2, -0.15) is 0 Å². The van der Waals surface area contributed by atoms with Gasteiger partial charge in [-0.1, -0.05) is 18.2 Å². The third-order valence-electron chi connectivity index (χ3n) is 6.85. The van der Waals surface area contributed by atoms with E-state index in [1.165, 1.54) is 0 Å². The zero-order valence-electron chi connectivity index (χ0n) is 20.6. The quantitative estimate of drug-likeness (QED) is 0.359. The molecule has 1 saturated carbocycles. The summed E-state index contributed by atoms with van der Waals surface area (Å²) in [6, 6.07) is 12.7. The fraction of sp³-hybridized carbons (Fsp3) is 0.259. The van der Waals surface area contributed by atoms with Crippen molar-refractivity contribution in [3.63, 3.8) is 0 Å². The molecule has 192 valence electrons. The Morgan fingerprint density at radius 1 is 0.921 bits per heavy atom. The van der Waals surface area contributed by atoms with E-state index in [0.717, 1.165) is 23.9 Å². The molecule has 11 nitrogen and oxygen atoms in total. The largest absolute Gasteiger partial charge is 0.366 e. The summed E-state index contributed by atoms with van der Waals surface area (Å²) in [4.78, 5) is 57.3. The number of fused-ring (bicyclic) bond motifs is 1. The van der Waals surface area contributed by atoms with Gasteiger partial charge in [-0.05, 0) is 37.1 Å². The van der Waals surface area contributed by atoms with Gasteiger partial charge < -0.3 is 25.8 Å². The van der Waals surface area contributed by atoms with Crippen molar-refractivity contribution in [2.75, 3.05) is 31.1 Å². The van der Waals surface area contributed by atoms with Crippen molar-refractivity contribution in [1.82, 2.24) is 30.2 Å². The van der Waals surface area contributed by atoms with Crippen LogP contribution in [0.3, 0.4) is 0 Å². The molecule has 0 spiro atoms. The highest BCUT2D eigenvalue weighted by Crippen LogP contribution is 2.24. The van der Waals surface area contributed by atoms with E-state index < -0.39 is 5.91 Å². The van der Waals surface area contributed by atoms with Crippen LogP contribution in [0.25, 0.3) is 22.4 Å². The maximum Gasteiger partial charge on any atom is 0.254 e. The number of rotatable bonds is 6. The van der Waals surface area contributed by atoms with Crippen LogP contribution < -0.4 is 16.0 Å². The number of carbonyl (C=O) groups is 3. The highest BCUT2D eigenvalue weighted by molar-refractivity contribution is 6.04. The second kappa shape index (κ2) is 9.58. The van der Waals surface area contributed by atoms with Gasteiger partial charge in [0.25, 0.3) is 17.7 Å². The Balaban J connectivity index is 1.08. The lowest BCUT2D eigenvalue weighted by Crippen LogP contribution is -2.49. The number of aromatic nitrogens is 4. The molecule has 38 heavy (non-hydrogen) atoms. The van der Waals surface area contributed by atoms with Gasteiger partial charge >= 0.3 is 0 Å². The molecule has 2 aliphatic rings. The fourth-order valence-corrected chi connectivity index (χ4v) is 4.53. The molecule has 2 aromatic carbocycles. The van der Waals surface area contributed by atoms with Gasteiger partial charge in [0.15, 0.2) is 0 Å². The molecular formula is C27H26N8O3. The van der Waals surface area contributed by atoms with E-state index in [0.29, 0.717) is 60.2 Å². The second-order valence-electron chi connectivity index (χ2n) is 9.53. The van der Waals surface area contributed by atoms with E-state index in [1.54, 1.807) is 36.7 Å². The summed E-state index contributed by atoms with van der Waals surface area (Å²) in [5, 5.41) is 2.93. The average Bonchev–Trinajstić information content (AvgIpc) is 3.66. The van der Waals surface area contributed by atoms with Gasteiger partial charge in [-0.25, -0.2) is 15.0 Å². The maximum absolute atomic E-state index is 13.1. The Morgan fingerprint density at radius 2 is 1.63 bits per heavy atom. The number of piperazine rings is 1. The molecule has 1 aliphatic heterocycles. The first-order valence-electron chi connectivity index (χ1n) is 12.5. The summed E-state index contributed by atoms with van der Waals surface area (Å²) in [6.07, 6.45) is 5.16. The van der Waals surface area contributed by atoms with Crippen LogP contribution in [-0.2, 0) is 0 Å². The number of carbonyl (C=O) groups excluding carboxylic acids is 3. The summed E-state index contributed by atoms with van der Waals surface area (Å²) >= 11 is 0. The molecular weight excluding hydrogens is 484 g/mol. The van der Waals surface area contributed by atoms with E-state index >= 15 is 0 Å². The normalized spacial score (nSPS) is 15.5. The molecule has 6 rings (SSSR count). The predicted molar refractivity (Wildman–Crippen MR) is 141 cm³/mol. The molecule has 1 saturated heterocycles. The lowest BCUT2D eigenvalue weighted by atomic mass is 10.1. The zero-order valence-corrected chi connectivity index (χ0v) is 20.6. The third-order valence-corrected chi connectivity index (χ3v) is 6.85. The average molecular weight is 511 g/mol. The molecule has 0 atom stereocenters. The van der Waals surface area contributed by atoms with E-state index in [1.807, 2.05) is 28.0 Å². The Labute approximate surface area is 218 Å². The lowest BCUT2D eigenvalue weighted by Gasteiger charge is -2.34. The molecule has 0 bridgehead atoms. The number of H-pyrrole nitrogens is 1. The number of nitrogens with one attached hydrogen (secondary N) is 2. The van der Waals surface area contributed by atoms with Crippen LogP contribution in [0, 0.1) is 0 Å². The summed E-state index contributed by atoms with van der Waals surface area (Å²) in [7, 11) is 0. The predicted octanol–water partition coefficient (Wildman–Crippen LogP) is 1.97. The van der Waals surface area contributed by atoms with Crippen LogP contribution in [0.5, 0.6) is 0 Å². The monoisotopic (exact) mass is 510 g/mol. The maximum atomic E-state index is 13.1. The van der Waals surface area contributed by atoms with Crippen molar-refractivity contribution in [3.05, 3.63) is 71.5 Å². The summed E-state index contributed by atoms with van der Waals surface area (Å²) in [5.74, 6) is 0.419. The number of nitrogens with two attached hydrogens (primary N) is 1. The van der Waals surface area contributed by atoms with Gasteiger partial charge in [0.1, 0.15) is 11.3 Å². The van der Waals surface area contributed by atoms with Crippen LogP contribution >= 0.6 is 0 Å². The summed E-state index contributed by atoms with van der Waals surface area (Å²) in [5.41, 5.74) is 8.89. The molecule has 0 radical (unpaired) electrons. The van der Waals surface area contributed by atoms with Gasteiger partial charge in [0.2, 0.25) is 5.95 Å². The molecule has 4 N–H and O–H groups in total. The number of hydrogen-bond acceptors (Lipinski definition) is 7. The number of para-hydroxylation sites is 1. The molecule has 11 heteroatoms. The smallest absolute Gasteiger partial charge is 0.254 e. The van der Waals surface area contributed by atoms with Crippen molar-refractivity contribution in [3.8, 4) is 11.4 Å². The van der Waals surface area contributed by atoms with Gasteiger partial charge in [-0.3, -0.25) is 14.4 Å². The highest BCUT2D eigenvalue weighted by atomic mass is 16.2. The van der Waals surface area contributed by atoms with Crippen molar-refractivity contribution >= 4 is 34.7 Å². The number of anilines is 1. The van der Waals surface area contributed by atoms with E-state index in [9.17, 15) is 14.4 Å². The minimum Gasteiger partial charge on any atom is -0.366 e. The number of amides is 3. The van der Waals surface area contributed by atoms with Crippen LogP contribution in [0.2, 0.25) is 0 Å². The minimum absolute atomic E-state index is 0.0511. The first kappa shape index (κ1) is 23.6. The Bertz CT molecular complexity index is 1520. The van der Waals surface area contributed by atoms with E-state index in [-0.39, 0.29) is 17.9 Å². The molecule has 4 aromatic rings. The first-order chi connectivity index (χ1) is 18.5. The van der Waals surface area contributed by atoms with Gasteiger partial charge in [-0.15, -0.1) is 0 Å². The molecule has 3 heterocycles. The van der Waals surface area contributed by atoms with Crippen LogP contribution in [0.1, 0.15) is 43.9 Å². The Morgan fingerprint density at radius 3 is 2.29 bits per heavy atom. The van der Waals surface area contributed by atoms with Crippen LogP contribution in [0.4, 0.5) is 5.95 Å². The first-order valence-corrected chi connectivity index (χ1v) is 12.5. The third kappa shape index (κ3) is 4.65. The number of imidazole rings is 1. The summed E-state index contributed by atoms with van der Waals surface area (Å²) < 4.78 is 0. The standard InChI is InChI=1S/C27H26N8O3/c28-23(36)20-2-1-3-21-22(20)33-24(32-21)16-4-6-17(7-5-16)26(38)34-10-12-35(13-11-34)27-29-14-18(15-30-27)25(37)31-19-8-9-19/h1-7,14-15,19H,8-13H2,(H2,28,36)(H,31,37)(H,32,33). The zero-order chi connectivity index (χ0) is 26.2. The van der Waals surface area contributed by atoms with Gasteiger partial charge in [0.05, 0.1) is 16.6 Å². The Kier molecular flexibility index (Phi) is 5.95. The number of nitrogens with zero attached hydrogens (tertiary/aromatic N) is 5. The topological polar surface area (TPSA) is 150 Å². The molecule has 1 aliphatic carbocycles. The van der Waals surface area contributed by atoms with Gasteiger partial charge in [0, 0.05) is 55.7 Å². The molecule has 0 unspecified atom stereocenters. The van der Waals surface area contributed by atoms with Crippen molar-refractivity contribution in [1.29, 1.82) is 0 Å². The van der Waals surface area contributed by atoms with E-state index in [4.69, 9.17) is 5.73 Å². The number of primary amides is 1. The van der Waals surface area contributed by atoms with Crippen LogP contribution in [0.15, 0.2) is 54.9 Å². The summed E-state index contributed by atoms with van der Waals surface area (Å²) in [6.45, 7) is 2.26. The highest BCUT2D eigenvalue weighted by Gasteiger charge is 2.26. The van der Waals surface area contributed by atoms with Crippen molar-refractivity contribution in [2.24, 2.45) is 5.73 Å². The second-order valence-corrected chi connectivity index (χ2v) is 9.53. The molecule has 2 fully saturated rings. The SMILES string of the molecule is NC(=O)c1cccc2[nH]c(-c3ccc(C(=O)N4CCN(c5ncc(C(=O)NC6CC6)cn5)CC4)cc3)nc12. The Hall–Kier alpha value is -4.80. The number of aromatic amines is 1. The van der Waals surface area contributed by atoms with Crippen molar-refractivity contribution < 1.29 is 14.4 Å². The van der Waals surface area contributed by atoms with Crippen molar-refractivity contribution in [2.45, 2.75) is 18.9 Å². The lowest BCUT2D eigenvalue weighted by molar-refractivity contribution is 0.0745. The molecule has 2 aromatic heterocycles. The fourth-order valence-electron chi connectivity index (χ4n) is 4.53. The molecule has 3 amide bonds. The van der Waals surface area contributed by atoms with E-state index in [2.05, 4.69) is 25.3 Å².